The van der Waals surface area contributed by atoms with Gasteiger partial charge in [0.1, 0.15) is 5.60 Å². The Morgan fingerprint density at radius 1 is 1.33 bits per heavy atom. The van der Waals surface area contributed by atoms with Crippen molar-refractivity contribution in [2.24, 2.45) is 0 Å². The van der Waals surface area contributed by atoms with E-state index in [1.54, 1.807) is 4.90 Å². The van der Waals surface area contributed by atoms with Crippen molar-refractivity contribution in [3.8, 4) is 0 Å². The molecule has 0 aliphatic carbocycles. The molecule has 5 nitrogen and oxygen atoms in total. The first-order valence-corrected chi connectivity index (χ1v) is 7.83. The van der Waals surface area contributed by atoms with Gasteiger partial charge in [0, 0.05) is 18.3 Å². The molecular formula is C14H20FN3O2S. The summed E-state index contributed by atoms with van der Waals surface area (Å²) in [4.78, 5) is 21.6. The first-order valence-electron chi connectivity index (χ1n) is 6.95. The Labute approximate surface area is 128 Å². The molecule has 1 aromatic heterocycles. The summed E-state index contributed by atoms with van der Waals surface area (Å²) in [7, 11) is 0. The maximum absolute atomic E-state index is 12.7. The minimum absolute atomic E-state index is 0.260. The molecule has 7 heteroatoms. The standard InChI is InChI=1S/C14H20FN3O2S/c1-14(2,3)20-13(19)18-6-4-11(5-7-18)21-12-16-8-10(15)9-17-12/h8-9,11H,4-7H2,1-3H3. The largest absolute Gasteiger partial charge is 0.444 e. The minimum atomic E-state index is -0.468. The van der Waals surface area contributed by atoms with Gasteiger partial charge < -0.3 is 9.64 Å². The van der Waals surface area contributed by atoms with Crippen molar-refractivity contribution in [3.63, 3.8) is 0 Å². The van der Waals surface area contributed by atoms with Crippen LogP contribution in [0.3, 0.4) is 0 Å². The molecule has 2 heterocycles. The topological polar surface area (TPSA) is 55.3 Å². The van der Waals surface area contributed by atoms with Crippen LogP contribution in [0.2, 0.25) is 0 Å². The Kier molecular flexibility index (Phi) is 5.03. The second kappa shape index (κ2) is 6.60. The van der Waals surface area contributed by atoms with Crippen molar-refractivity contribution in [1.29, 1.82) is 0 Å². The summed E-state index contributed by atoms with van der Waals surface area (Å²) in [6.07, 6.45) is 3.79. The molecule has 21 heavy (non-hydrogen) atoms. The summed E-state index contributed by atoms with van der Waals surface area (Å²) in [5.41, 5.74) is -0.468. The number of likely N-dealkylation sites (tertiary alicyclic amines) is 1. The Balaban J connectivity index is 1.80. The number of hydrogen-bond acceptors (Lipinski definition) is 5. The van der Waals surface area contributed by atoms with Crippen LogP contribution in [-0.2, 0) is 4.74 Å². The van der Waals surface area contributed by atoms with Crippen LogP contribution in [0.25, 0.3) is 0 Å². The number of aromatic nitrogens is 2. The van der Waals surface area contributed by atoms with Crippen LogP contribution in [-0.4, -0.2) is 44.9 Å². The number of amides is 1. The highest BCUT2D eigenvalue weighted by Crippen LogP contribution is 2.28. The van der Waals surface area contributed by atoms with Gasteiger partial charge in [-0.05, 0) is 33.6 Å². The Bertz CT molecular complexity index is 482. The molecule has 1 saturated heterocycles. The minimum Gasteiger partial charge on any atom is -0.444 e. The average Bonchev–Trinajstić information content (AvgIpc) is 2.40. The van der Waals surface area contributed by atoms with Crippen LogP contribution in [0.1, 0.15) is 33.6 Å². The van der Waals surface area contributed by atoms with Gasteiger partial charge in [-0.1, -0.05) is 11.8 Å². The molecule has 0 radical (unpaired) electrons. The van der Waals surface area contributed by atoms with Crippen LogP contribution >= 0.6 is 11.8 Å². The van der Waals surface area contributed by atoms with E-state index in [9.17, 15) is 9.18 Å². The lowest BCUT2D eigenvalue weighted by atomic mass is 10.1. The highest BCUT2D eigenvalue weighted by atomic mass is 32.2. The summed E-state index contributed by atoms with van der Waals surface area (Å²) in [5, 5.41) is 0.918. The third kappa shape index (κ3) is 5.15. The third-order valence-electron chi connectivity index (χ3n) is 2.96. The number of piperidine rings is 1. The van der Waals surface area contributed by atoms with Crippen molar-refractivity contribution >= 4 is 17.9 Å². The number of hydrogen-bond donors (Lipinski definition) is 0. The fourth-order valence-electron chi connectivity index (χ4n) is 1.99. The van der Waals surface area contributed by atoms with Crippen molar-refractivity contribution in [2.75, 3.05) is 13.1 Å². The normalized spacial score (nSPS) is 16.9. The Hall–Kier alpha value is -1.37. The molecule has 1 amide bonds. The van der Waals surface area contributed by atoms with Crippen molar-refractivity contribution < 1.29 is 13.9 Å². The van der Waals surface area contributed by atoms with E-state index in [4.69, 9.17) is 4.74 Å². The van der Waals surface area contributed by atoms with E-state index in [2.05, 4.69) is 9.97 Å². The van der Waals surface area contributed by atoms with E-state index in [0.29, 0.717) is 23.5 Å². The van der Waals surface area contributed by atoms with Gasteiger partial charge in [-0.15, -0.1) is 0 Å². The maximum Gasteiger partial charge on any atom is 0.410 e. The van der Waals surface area contributed by atoms with Crippen LogP contribution in [0.5, 0.6) is 0 Å². The molecule has 0 atom stereocenters. The van der Waals surface area contributed by atoms with E-state index < -0.39 is 11.4 Å². The molecule has 0 unspecified atom stereocenters. The lowest BCUT2D eigenvalue weighted by Crippen LogP contribution is -2.42. The first-order chi connectivity index (χ1) is 9.83. The summed E-state index contributed by atoms with van der Waals surface area (Å²) < 4.78 is 18.1. The van der Waals surface area contributed by atoms with Gasteiger partial charge in [-0.3, -0.25) is 0 Å². The third-order valence-corrected chi connectivity index (χ3v) is 4.19. The number of carbonyl (C=O) groups excluding carboxylic acids is 1. The van der Waals surface area contributed by atoms with Crippen molar-refractivity contribution in [3.05, 3.63) is 18.2 Å². The molecule has 0 N–H and O–H groups in total. The van der Waals surface area contributed by atoms with Gasteiger partial charge in [0.15, 0.2) is 11.0 Å². The molecule has 0 bridgehead atoms. The number of nitrogens with zero attached hydrogens (tertiary/aromatic N) is 3. The van der Waals surface area contributed by atoms with Gasteiger partial charge in [0.25, 0.3) is 0 Å². The van der Waals surface area contributed by atoms with E-state index in [1.165, 1.54) is 24.2 Å². The molecule has 2 rings (SSSR count). The number of halogens is 1. The number of thioether (sulfide) groups is 1. The van der Waals surface area contributed by atoms with E-state index in [1.807, 2.05) is 20.8 Å². The number of rotatable bonds is 2. The fraction of sp³-hybridized carbons (Fsp3) is 0.643. The van der Waals surface area contributed by atoms with Gasteiger partial charge in [-0.2, -0.15) is 0 Å². The van der Waals surface area contributed by atoms with Crippen molar-refractivity contribution in [2.45, 2.75) is 49.6 Å². The number of carbonyl (C=O) groups is 1. The molecule has 116 valence electrons. The summed E-state index contributed by atoms with van der Waals surface area (Å²) in [5.74, 6) is -0.431. The highest BCUT2D eigenvalue weighted by Gasteiger charge is 2.27. The summed E-state index contributed by atoms with van der Waals surface area (Å²) >= 11 is 1.53. The maximum atomic E-state index is 12.7. The summed E-state index contributed by atoms with van der Waals surface area (Å²) in [6.45, 7) is 6.90. The quantitative estimate of drug-likeness (QED) is 0.785. The van der Waals surface area contributed by atoms with E-state index in [-0.39, 0.29) is 6.09 Å². The van der Waals surface area contributed by atoms with E-state index >= 15 is 0 Å². The second-order valence-electron chi connectivity index (χ2n) is 5.97. The van der Waals surface area contributed by atoms with Gasteiger partial charge in [0.05, 0.1) is 12.4 Å². The highest BCUT2D eigenvalue weighted by molar-refractivity contribution is 7.99. The molecule has 1 aromatic rings. The van der Waals surface area contributed by atoms with Crippen LogP contribution in [0.4, 0.5) is 9.18 Å². The average molecular weight is 313 g/mol. The van der Waals surface area contributed by atoms with Gasteiger partial charge >= 0.3 is 6.09 Å². The van der Waals surface area contributed by atoms with Crippen LogP contribution < -0.4 is 0 Å². The molecule has 1 aliphatic rings. The Morgan fingerprint density at radius 2 is 1.90 bits per heavy atom. The molecule has 0 spiro atoms. The molecule has 0 saturated carbocycles. The summed E-state index contributed by atoms with van der Waals surface area (Å²) in [6, 6.07) is 0. The second-order valence-corrected chi connectivity index (χ2v) is 7.24. The molecule has 0 aromatic carbocycles. The van der Waals surface area contributed by atoms with Gasteiger partial charge in [-0.25, -0.2) is 19.2 Å². The Morgan fingerprint density at radius 3 is 2.43 bits per heavy atom. The van der Waals surface area contributed by atoms with E-state index in [0.717, 1.165) is 12.8 Å². The lowest BCUT2D eigenvalue weighted by Gasteiger charge is -2.32. The zero-order chi connectivity index (χ0) is 15.5. The zero-order valence-corrected chi connectivity index (χ0v) is 13.3. The van der Waals surface area contributed by atoms with Gasteiger partial charge in [0.2, 0.25) is 0 Å². The zero-order valence-electron chi connectivity index (χ0n) is 12.5. The lowest BCUT2D eigenvalue weighted by molar-refractivity contribution is 0.0219. The van der Waals surface area contributed by atoms with Crippen LogP contribution in [0.15, 0.2) is 17.6 Å². The first kappa shape index (κ1) is 16.0. The monoisotopic (exact) mass is 313 g/mol. The van der Waals surface area contributed by atoms with Crippen molar-refractivity contribution in [1.82, 2.24) is 14.9 Å². The SMILES string of the molecule is CC(C)(C)OC(=O)N1CCC(Sc2ncc(F)cn2)CC1. The molecule has 1 aliphatic heterocycles. The smallest absolute Gasteiger partial charge is 0.410 e. The molecule has 1 fully saturated rings. The predicted octanol–water partition coefficient (Wildman–Crippen LogP) is 3.11. The molecular weight excluding hydrogens is 293 g/mol. The number of ether oxygens (including phenoxy) is 1. The predicted molar refractivity (Wildman–Crippen MR) is 78.7 cm³/mol. The fourth-order valence-corrected chi connectivity index (χ4v) is 2.96. The van der Waals surface area contributed by atoms with Crippen LogP contribution in [0, 0.1) is 5.82 Å².